The number of aliphatic hydroxyl groups is 1. The minimum atomic E-state index is -1.11. The van der Waals surface area contributed by atoms with Crippen molar-refractivity contribution in [3.05, 3.63) is 23.8 Å². The monoisotopic (exact) mass is 428 g/mol. The van der Waals surface area contributed by atoms with E-state index < -0.39 is 46.1 Å². The Labute approximate surface area is 182 Å². The molecule has 2 spiro atoms. The van der Waals surface area contributed by atoms with Crippen LogP contribution in [0.25, 0.3) is 0 Å². The number of aliphatic carboxylic acids is 2. The van der Waals surface area contributed by atoms with E-state index in [1.165, 1.54) is 0 Å². The molecule has 0 saturated heterocycles. The number of carboxylic acid groups (broad SMARTS) is 2. The van der Waals surface area contributed by atoms with E-state index in [0.29, 0.717) is 19.3 Å². The molecule has 0 aromatic heterocycles. The number of aliphatic hydroxyl groups excluding tert-OH is 1. The maximum atomic E-state index is 12.8. The zero-order valence-electron chi connectivity index (χ0n) is 18.4. The Kier molecular flexibility index (Phi) is 4.11. The van der Waals surface area contributed by atoms with Crippen LogP contribution in [0.15, 0.2) is 23.8 Å². The Bertz CT molecular complexity index is 950. The summed E-state index contributed by atoms with van der Waals surface area (Å²) in [4.78, 5) is 38.0. The number of rotatable bonds is 3. The summed E-state index contributed by atoms with van der Waals surface area (Å²) in [5, 5.41) is 31.4. The number of carbonyl (C=O) groups excluding carboxylic acids is 1. The first kappa shape index (κ1) is 20.9. The molecular formula is C25H32O6. The zero-order chi connectivity index (χ0) is 22.6. The second-order valence-electron chi connectivity index (χ2n) is 11.3. The summed E-state index contributed by atoms with van der Waals surface area (Å²) in [6.07, 6.45) is 9.16. The minimum Gasteiger partial charge on any atom is -0.481 e. The number of allylic oxidation sites excluding steroid dienone is 4. The number of hydrogen-bond donors (Lipinski definition) is 3. The first-order valence-corrected chi connectivity index (χ1v) is 11.5. The lowest BCUT2D eigenvalue weighted by Crippen LogP contribution is -2.70. The summed E-state index contributed by atoms with van der Waals surface area (Å²) < 4.78 is 0. The van der Waals surface area contributed by atoms with Crippen molar-refractivity contribution in [2.75, 3.05) is 0 Å². The van der Waals surface area contributed by atoms with Gasteiger partial charge in [-0.25, -0.2) is 0 Å². The van der Waals surface area contributed by atoms with Crippen LogP contribution in [-0.4, -0.2) is 39.1 Å². The van der Waals surface area contributed by atoms with E-state index in [1.54, 1.807) is 6.92 Å². The van der Waals surface area contributed by atoms with Crippen LogP contribution in [0.1, 0.15) is 59.3 Å². The van der Waals surface area contributed by atoms with Gasteiger partial charge in [0.1, 0.15) is 5.78 Å². The van der Waals surface area contributed by atoms with Gasteiger partial charge in [0.25, 0.3) is 0 Å². The second-order valence-corrected chi connectivity index (χ2v) is 11.3. The Balaban J connectivity index is 1.82. The van der Waals surface area contributed by atoms with E-state index in [0.717, 1.165) is 18.4 Å². The van der Waals surface area contributed by atoms with Crippen molar-refractivity contribution in [3.63, 3.8) is 0 Å². The lowest BCUT2D eigenvalue weighted by atomic mass is 9.30. The van der Waals surface area contributed by atoms with E-state index in [1.807, 2.05) is 12.2 Å². The molecule has 31 heavy (non-hydrogen) atoms. The molecule has 3 fully saturated rings. The van der Waals surface area contributed by atoms with Crippen LogP contribution in [0.4, 0.5) is 0 Å². The van der Waals surface area contributed by atoms with Gasteiger partial charge in [0.05, 0.1) is 17.9 Å². The summed E-state index contributed by atoms with van der Waals surface area (Å²) in [6, 6.07) is 0. The van der Waals surface area contributed by atoms with Gasteiger partial charge >= 0.3 is 11.9 Å². The second kappa shape index (κ2) is 6.09. The van der Waals surface area contributed by atoms with Crippen molar-refractivity contribution in [1.29, 1.82) is 0 Å². The number of carbonyl (C=O) groups is 3. The van der Waals surface area contributed by atoms with Gasteiger partial charge in [0.2, 0.25) is 0 Å². The van der Waals surface area contributed by atoms with Crippen LogP contribution >= 0.6 is 0 Å². The molecular weight excluding hydrogens is 396 g/mol. The average Bonchev–Trinajstić information content (AvgIpc) is 3.04. The van der Waals surface area contributed by atoms with Gasteiger partial charge in [-0.1, -0.05) is 37.6 Å². The molecule has 9 atom stereocenters. The molecule has 0 radical (unpaired) electrons. The van der Waals surface area contributed by atoms with E-state index in [2.05, 4.69) is 19.9 Å². The van der Waals surface area contributed by atoms with E-state index >= 15 is 0 Å². The Hall–Kier alpha value is -1.95. The summed E-state index contributed by atoms with van der Waals surface area (Å²) in [7, 11) is 0. The normalized spacial score (nSPS) is 52.0. The summed E-state index contributed by atoms with van der Waals surface area (Å²) in [5.74, 6) is -4.47. The van der Waals surface area contributed by atoms with Gasteiger partial charge in [0, 0.05) is 16.7 Å². The van der Waals surface area contributed by atoms with Crippen LogP contribution in [-0.2, 0) is 14.4 Å². The van der Waals surface area contributed by atoms with Gasteiger partial charge in [-0.15, -0.1) is 0 Å². The zero-order valence-corrected chi connectivity index (χ0v) is 18.4. The average molecular weight is 429 g/mol. The Morgan fingerprint density at radius 3 is 2.29 bits per heavy atom. The molecule has 0 aromatic rings. The molecule has 6 heteroatoms. The molecule has 6 aliphatic carbocycles. The van der Waals surface area contributed by atoms with E-state index in [4.69, 9.17) is 0 Å². The van der Waals surface area contributed by atoms with Crippen molar-refractivity contribution >= 4 is 17.7 Å². The molecule has 0 aliphatic heterocycles. The molecule has 6 aliphatic rings. The fraction of sp³-hybridized carbons (Fsp3) is 0.720. The third-order valence-corrected chi connectivity index (χ3v) is 10.4. The highest BCUT2D eigenvalue weighted by Gasteiger charge is 2.77. The molecule has 0 heterocycles. The van der Waals surface area contributed by atoms with Crippen molar-refractivity contribution in [1.82, 2.24) is 0 Å². The van der Waals surface area contributed by atoms with Crippen LogP contribution in [0.5, 0.6) is 0 Å². The summed E-state index contributed by atoms with van der Waals surface area (Å²) in [6.45, 7) is 5.82. The van der Waals surface area contributed by atoms with E-state index in [9.17, 15) is 29.7 Å². The molecule has 2 bridgehead atoms. The summed E-state index contributed by atoms with van der Waals surface area (Å²) in [5.41, 5.74) is -1.64. The molecule has 168 valence electrons. The first-order valence-electron chi connectivity index (χ1n) is 11.5. The largest absolute Gasteiger partial charge is 0.481 e. The number of carboxylic acids is 2. The smallest absolute Gasteiger partial charge is 0.308 e. The molecule has 6 rings (SSSR count). The maximum Gasteiger partial charge on any atom is 0.308 e. The minimum absolute atomic E-state index is 0.0879. The fourth-order valence-electron chi connectivity index (χ4n) is 9.24. The van der Waals surface area contributed by atoms with Gasteiger partial charge in [-0.3, -0.25) is 14.4 Å². The number of Topliss-reactive ketones (excluding diaryl/α,β-unsaturated/α-hetero) is 1. The van der Waals surface area contributed by atoms with Gasteiger partial charge in [-0.05, 0) is 62.2 Å². The lowest BCUT2D eigenvalue weighted by molar-refractivity contribution is -0.195. The number of ketones is 1. The van der Waals surface area contributed by atoms with Crippen LogP contribution in [0, 0.1) is 45.3 Å². The van der Waals surface area contributed by atoms with Gasteiger partial charge in [-0.2, -0.15) is 0 Å². The fourth-order valence-corrected chi connectivity index (χ4v) is 9.24. The van der Waals surface area contributed by atoms with Crippen molar-refractivity contribution in [2.45, 2.75) is 65.4 Å². The third kappa shape index (κ3) is 2.15. The van der Waals surface area contributed by atoms with Crippen LogP contribution in [0.2, 0.25) is 0 Å². The van der Waals surface area contributed by atoms with Crippen molar-refractivity contribution < 1.29 is 29.7 Å². The van der Waals surface area contributed by atoms with Crippen molar-refractivity contribution in [2.24, 2.45) is 45.3 Å². The third-order valence-electron chi connectivity index (χ3n) is 10.4. The Morgan fingerprint density at radius 1 is 1.00 bits per heavy atom. The molecule has 0 unspecified atom stereocenters. The van der Waals surface area contributed by atoms with Gasteiger partial charge in [0.15, 0.2) is 0 Å². The number of fused-ring (bicyclic) bond motifs is 2. The lowest BCUT2D eigenvalue weighted by Gasteiger charge is -2.72. The molecule has 3 saturated carbocycles. The maximum absolute atomic E-state index is 12.8. The molecule has 6 nitrogen and oxygen atoms in total. The molecule has 0 amide bonds. The highest BCUT2D eigenvalue weighted by atomic mass is 16.4. The molecule has 0 aromatic carbocycles. The molecule has 3 N–H and O–H groups in total. The predicted molar refractivity (Wildman–Crippen MR) is 112 cm³/mol. The van der Waals surface area contributed by atoms with Crippen molar-refractivity contribution in [3.8, 4) is 0 Å². The Morgan fingerprint density at radius 2 is 1.68 bits per heavy atom. The van der Waals surface area contributed by atoms with Crippen LogP contribution < -0.4 is 0 Å². The van der Waals surface area contributed by atoms with Crippen LogP contribution in [0.3, 0.4) is 0 Å². The quantitative estimate of drug-likeness (QED) is 0.594. The number of hydrogen-bond acceptors (Lipinski definition) is 4. The van der Waals surface area contributed by atoms with E-state index in [-0.39, 0.29) is 29.5 Å². The highest BCUT2D eigenvalue weighted by molar-refractivity contribution is 5.86. The predicted octanol–water partition coefficient (Wildman–Crippen LogP) is 3.45. The van der Waals surface area contributed by atoms with Gasteiger partial charge < -0.3 is 15.3 Å². The highest BCUT2D eigenvalue weighted by Crippen LogP contribution is 2.79. The SMILES string of the molecule is CC(=O)[C@@H]1CC[C@@H]2[C@]1(C)CC=C1[C@@]23C=C[C@@]2(C[C@H](O)CC[C@@]12C)[C@H](C(=O)O)[C@H]3C(=O)O. The standard InChI is InChI=1S/C25H32O6/c1-13(26)15-4-5-16-22(15,2)8-7-17-23(3)9-6-14(27)12-24(23)10-11-25(16,17)19(21(30)31)18(24)20(28)29/h7,10-11,14-16,18-19,27H,4-6,8-9,12H2,1-3H3,(H,28,29)(H,30,31)/t14-,15+,16-,18+,19+,22-,23+,24-,25-/m1/s1. The summed E-state index contributed by atoms with van der Waals surface area (Å²) >= 11 is 0. The first-order chi connectivity index (χ1) is 14.5. The topological polar surface area (TPSA) is 112 Å².